The first-order chi connectivity index (χ1) is 13.7. The highest BCUT2D eigenvalue weighted by Crippen LogP contribution is 2.19. The van der Waals surface area contributed by atoms with Crippen molar-refractivity contribution in [1.29, 1.82) is 0 Å². The Labute approximate surface area is 164 Å². The van der Waals surface area contributed by atoms with Crippen LogP contribution in [0.1, 0.15) is 28.9 Å². The largest absolute Gasteiger partial charge is 0.368 e. The van der Waals surface area contributed by atoms with E-state index in [4.69, 9.17) is 0 Å². The van der Waals surface area contributed by atoms with Crippen molar-refractivity contribution in [1.82, 2.24) is 24.9 Å². The number of aromatic nitrogens is 4. The van der Waals surface area contributed by atoms with Gasteiger partial charge in [-0.25, -0.2) is 4.68 Å². The van der Waals surface area contributed by atoms with Crippen molar-refractivity contribution < 1.29 is 4.79 Å². The second-order valence-corrected chi connectivity index (χ2v) is 7.16. The lowest BCUT2D eigenvalue weighted by Gasteiger charge is -2.32. The van der Waals surface area contributed by atoms with Gasteiger partial charge >= 0.3 is 0 Å². The van der Waals surface area contributed by atoms with Gasteiger partial charge in [0, 0.05) is 31.4 Å². The zero-order valence-electron chi connectivity index (χ0n) is 16.0. The number of nitrogens with zero attached hydrogens (tertiary/aromatic N) is 5. The summed E-state index contributed by atoms with van der Waals surface area (Å²) in [6, 6.07) is 15.3. The van der Waals surface area contributed by atoms with Gasteiger partial charge in [-0.2, -0.15) is 5.10 Å². The number of hydrogen-bond donors (Lipinski definition) is 1. The first-order valence-corrected chi connectivity index (χ1v) is 9.63. The van der Waals surface area contributed by atoms with Gasteiger partial charge in [0.1, 0.15) is 5.82 Å². The van der Waals surface area contributed by atoms with Crippen LogP contribution in [0.2, 0.25) is 0 Å². The summed E-state index contributed by atoms with van der Waals surface area (Å²) in [5.41, 5.74) is 1.71. The summed E-state index contributed by atoms with van der Waals surface area (Å²) in [4.78, 5) is 14.5. The molecular formula is C21H24N6O. The van der Waals surface area contributed by atoms with E-state index in [9.17, 15) is 4.79 Å². The molecule has 1 aliphatic heterocycles. The molecule has 1 fully saturated rings. The van der Waals surface area contributed by atoms with E-state index in [0.717, 1.165) is 49.6 Å². The van der Waals surface area contributed by atoms with Crippen LogP contribution in [0.4, 0.5) is 5.82 Å². The highest BCUT2D eigenvalue weighted by atomic mass is 16.2. The smallest absolute Gasteiger partial charge is 0.253 e. The first-order valence-electron chi connectivity index (χ1n) is 9.63. The average molecular weight is 376 g/mol. The van der Waals surface area contributed by atoms with E-state index in [2.05, 4.69) is 20.6 Å². The van der Waals surface area contributed by atoms with Crippen LogP contribution in [-0.2, 0) is 0 Å². The molecule has 0 bridgehead atoms. The van der Waals surface area contributed by atoms with Gasteiger partial charge in [0.2, 0.25) is 0 Å². The van der Waals surface area contributed by atoms with E-state index in [1.165, 1.54) is 0 Å². The summed E-state index contributed by atoms with van der Waals surface area (Å²) >= 11 is 0. The van der Waals surface area contributed by atoms with Crippen molar-refractivity contribution in [2.75, 3.05) is 25.0 Å². The van der Waals surface area contributed by atoms with Gasteiger partial charge in [0.05, 0.1) is 5.69 Å². The maximum absolute atomic E-state index is 12.5. The molecule has 2 aromatic heterocycles. The third kappa shape index (κ3) is 4.19. The van der Waals surface area contributed by atoms with Gasteiger partial charge in [-0.1, -0.05) is 18.2 Å². The summed E-state index contributed by atoms with van der Waals surface area (Å²) in [6.07, 6.45) is 3.85. The molecule has 7 nitrogen and oxygen atoms in total. The van der Waals surface area contributed by atoms with Gasteiger partial charge in [-0.05, 0) is 56.0 Å². The fraction of sp³-hybridized carbons (Fsp3) is 0.333. The maximum atomic E-state index is 12.5. The van der Waals surface area contributed by atoms with Crippen molar-refractivity contribution in [3.05, 3.63) is 66.0 Å². The van der Waals surface area contributed by atoms with Crippen molar-refractivity contribution in [2.24, 2.45) is 5.92 Å². The molecule has 0 spiro atoms. The number of carbonyl (C=O) groups excluding carboxylic acids is 1. The molecule has 0 saturated carbocycles. The molecule has 0 aliphatic carbocycles. The van der Waals surface area contributed by atoms with Crippen LogP contribution in [0.3, 0.4) is 0 Å². The number of nitrogens with one attached hydrogen (secondary N) is 1. The zero-order chi connectivity index (χ0) is 19.3. The number of amides is 1. The number of aryl methyl sites for hydroxylation is 1. The Morgan fingerprint density at radius 1 is 1.07 bits per heavy atom. The van der Waals surface area contributed by atoms with Gasteiger partial charge in [-0.3, -0.25) is 4.79 Å². The Balaban J connectivity index is 1.26. The van der Waals surface area contributed by atoms with Gasteiger partial charge in [-0.15, -0.1) is 10.2 Å². The monoisotopic (exact) mass is 376 g/mol. The van der Waals surface area contributed by atoms with Gasteiger partial charge in [0.25, 0.3) is 5.91 Å². The molecule has 3 heterocycles. The lowest BCUT2D eigenvalue weighted by Crippen LogP contribution is -2.39. The topological polar surface area (TPSA) is 75.9 Å². The van der Waals surface area contributed by atoms with E-state index in [-0.39, 0.29) is 5.91 Å². The van der Waals surface area contributed by atoms with E-state index in [1.807, 2.05) is 66.6 Å². The molecule has 28 heavy (non-hydrogen) atoms. The fourth-order valence-corrected chi connectivity index (χ4v) is 3.44. The second-order valence-electron chi connectivity index (χ2n) is 7.16. The summed E-state index contributed by atoms with van der Waals surface area (Å²) in [7, 11) is 0. The van der Waals surface area contributed by atoms with E-state index in [0.29, 0.717) is 11.7 Å². The third-order valence-corrected chi connectivity index (χ3v) is 5.10. The number of hydrogen-bond acceptors (Lipinski definition) is 5. The van der Waals surface area contributed by atoms with Gasteiger partial charge in [0.15, 0.2) is 5.82 Å². The number of rotatable bonds is 5. The highest BCUT2D eigenvalue weighted by molar-refractivity contribution is 5.94. The Kier molecular flexibility index (Phi) is 5.32. The van der Waals surface area contributed by atoms with Crippen LogP contribution >= 0.6 is 0 Å². The minimum atomic E-state index is 0.127. The lowest BCUT2D eigenvalue weighted by molar-refractivity contribution is 0.0695. The number of piperidine rings is 1. The predicted molar refractivity (Wildman–Crippen MR) is 107 cm³/mol. The Morgan fingerprint density at radius 2 is 1.86 bits per heavy atom. The molecule has 1 amide bonds. The molecule has 144 valence electrons. The fourth-order valence-electron chi connectivity index (χ4n) is 3.44. The van der Waals surface area contributed by atoms with Crippen molar-refractivity contribution in [2.45, 2.75) is 19.8 Å². The van der Waals surface area contributed by atoms with Crippen molar-refractivity contribution >= 4 is 11.7 Å². The number of carbonyl (C=O) groups is 1. The minimum Gasteiger partial charge on any atom is -0.368 e. The Hall–Kier alpha value is -3.22. The predicted octanol–water partition coefficient (Wildman–Crippen LogP) is 2.94. The van der Waals surface area contributed by atoms with E-state index in [1.54, 1.807) is 4.68 Å². The minimum absolute atomic E-state index is 0.127. The molecule has 1 N–H and O–H groups in total. The normalized spacial score (nSPS) is 14.8. The molecule has 0 atom stereocenters. The quantitative estimate of drug-likeness (QED) is 0.741. The van der Waals surface area contributed by atoms with E-state index < -0.39 is 0 Å². The van der Waals surface area contributed by atoms with Crippen LogP contribution in [-0.4, -0.2) is 50.4 Å². The lowest BCUT2D eigenvalue weighted by atomic mass is 9.96. The molecule has 0 unspecified atom stereocenters. The number of likely N-dealkylation sites (tertiary alicyclic amines) is 1. The molecular weight excluding hydrogens is 352 g/mol. The van der Waals surface area contributed by atoms with Gasteiger partial charge < -0.3 is 10.2 Å². The molecule has 4 rings (SSSR count). The first kappa shape index (κ1) is 18.2. The summed E-state index contributed by atoms with van der Waals surface area (Å²) < 4.78 is 1.71. The Bertz CT molecular complexity index is 914. The molecule has 1 aromatic carbocycles. The number of anilines is 1. The van der Waals surface area contributed by atoms with Crippen molar-refractivity contribution in [3.8, 4) is 5.82 Å². The molecule has 1 aliphatic rings. The van der Waals surface area contributed by atoms with Crippen molar-refractivity contribution in [3.63, 3.8) is 0 Å². The maximum Gasteiger partial charge on any atom is 0.253 e. The van der Waals surface area contributed by atoms with Crippen LogP contribution in [0, 0.1) is 12.8 Å². The highest BCUT2D eigenvalue weighted by Gasteiger charge is 2.23. The summed E-state index contributed by atoms with van der Waals surface area (Å²) in [5.74, 6) is 2.11. The standard InChI is InChI=1S/C21H24N6O/c1-16-9-14-27(25-16)20-8-7-19(23-24-20)22-15-17-10-12-26(13-11-17)21(28)18-5-3-2-4-6-18/h2-9,14,17H,10-13,15H2,1H3,(H,22,23). The third-order valence-electron chi connectivity index (χ3n) is 5.10. The SMILES string of the molecule is Cc1ccn(-c2ccc(NCC3CCN(C(=O)c4ccccc4)CC3)nn2)n1. The van der Waals surface area contributed by atoms with E-state index >= 15 is 0 Å². The molecule has 1 saturated heterocycles. The molecule has 7 heteroatoms. The summed E-state index contributed by atoms with van der Waals surface area (Å²) in [6.45, 7) is 4.37. The number of benzene rings is 1. The van der Waals surface area contributed by atoms with Crippen LogP contribution in [0.5, 0.6) is 0 Å². The summed E-state index contributed by atoms with van der Waals surface area (Å²) in [5, 5.41) is 16.2. The van der Waals surface area contributed by atoms with Crippen LogP contribution in [0.15, 0.2) is 54.7 Å². The average Bonchev–Trinajstić information content (AvgIpc) is 3.19. The molecule has 3 aromatic rings. The van der Waals surface area contributed by atoms with Crippen LogP contribution in [0.25, 0.3) is 5.82 Å². The van der Waals surface area contributed by atoms with Crippen LogP contribution < -0.4 is 5.32 Å². The Morgan fingerprint density at radius 3 is 2.50 bits per heavy atom. The zero-order valence-corrected chi connectivity index (χ0v) is 16.0. The second kappa shape index (κ2) is 8.21. The molecule has 0 radical (unpaired) electrons.